The quantitative estimate of drug-likeness (QED) is 0.743. The van der Waals surface area contributed by atoms with Crippen molar-refractivity contribution in [3.05, 3.63) is 0 Å². The van der Waals surface area contributed by atoms with Gasteiger partial charge in [0.15, 0.2) is 14.5 Å². The largest absolute Gasteiger partial charge is 0.390 e. The lowest BCUT2D eigenvalue weighted by Crippen LogP contribution is -2.39. The molecule has 1 N–H and O–H groups in total. The van der Waals surface area contributed by atoms with Crippen molar-refractivity contribution in [2.45, 2.75) is 38.5 Å². The lowest BCUT2D eigenvalue weighted by Gasteiger charge is -2.28. The third kappa shape index (κ3) is 3.44. The molecule has 0 unspecified atom stereocenters. The van der Waals surface area contributed by atoms with Gasteiger partial charge in [0.05, 0.1) is 6.10 Å². The maximum absolute atomic E-state index is 11.3. The number of hydrogen-bond donors (Lipinski definition) is 1. The van der Waals surface area contributed by atoms with Crippen molar-refractivity contribution >= 4 is 21.4 Å². The lowest BCUT2D eigenvalue weighted by molar-refractivity contribution is 0.0746. The molecule has 0 aliphatic rings. The Kier molecular flexibility index (Phi) is 4.22. The number of rotatable bonds is 3. The topological polar surface area (TPSA) is 54.4 Å². The smallest absolute Gasteiger partial charge is 0.169 e. The van der Waals surface area contributed by atoms with Crippen LogP contribution in [0.2, 0.25) is 0 Å². The van der Waals surface area contributed by atoms with Crippen molar-refractivity contribution in [2.24, 2.45) is 5.41 Å². The van der Waals surface area contributed by atoms with Crippen LogP contribution >= 0.6 is 11.6 Å². The fraction of sp³-hybridized carbons (Fsp3) is 1.00. The Morgan fingerprint density at radius 3 is 2.00 bits per heavy atom. The number of halogens is 1. The normalized spacial score (nSPS) is 18.3. The van der Waals surface area contributed by atoms with Crippen molar-refractivity contribution in [3.8, 4) is 0 Å². The number of alkyl halides is 1. The fourth-order valence-electron chi connectivity index (χ4n) is 0.749. The van der Waals surface area contributed by atoms with Gasteiger partial charge in [-0.3, -0.25) is 0 Å². The van der Waals surface area contributed by atoms with Crippen LogP contribution in [-0.2, 0) is 9.84 Å². The van der Waals surface area contributed by atoms with Gasteiger partial charge in [-0.2, -0.15) is 0 Å². The molecule has 0 bridgehead atoms. The highest BCUT2D eigenvalue weighted by Crippen LogP contribution is 2.27. The molecule has 0 saturated heterocycles. The molecule has 0 aromatic rings. The van der Waals surface area contributed by atoms with Gasteiger partial charge in [0.25, 0.3) is 0 Å². The van der Waals surface area contributed by atoms with Crippen LogP contribution in [0.4, 0.5) is 0 Å². The average Bonchev–Trinajstić information content (AvgIpc) is 2.00. The van der Waals surface area contributed by atoms with Gasteiger partial charge in [0.2, 0.25) is 0 Å². The van der Waals surface area contributed by atoms with Gasteiger partial charge in [0, 0.05) is 5.75 Å². The predicted octanol–water partition coefficient (Wildman–Crippen LogP) is 1.39. The Morgan fingerprint density at radius 1 is 1.38 bits per heavy atom. The van der Waals surface area contributed by atoms with E-state index < -0.39 is 26.1 Å². The van der Waals surface area contributed by atoms with Crippen LogP contribution in [0.1, 0.15) is 27.7 Å². The first-order chi connectivity index (χ1) is 5.63. The number of hydrogen-bond acceptors (Lipinski definition) is 3. The van der Waals surface area contributed by atoms with E-state index in [0.29, 0.717) is 0 Å². The van der Waals surface area contributed by atoms with Crippen LogP contribution in [0.3, 0.4) is 0 Å². The predicted molar refractivity (Wildman–Crippen MR) is 54.6 cm³/mol. The summed E-state index contributed by atoms with van der Waals surface area (Å²) in [6.07, 6.45) is -1.04. The number of aliphatic hydroxyl groups is 1. The summed E-state index contributed by atoms with van der Waals surface area (Å²) in [5.74, 6) is -0.0473. The minimum Gasteiger partial charge on any atom is -0.390 e. The highest BCUT2D eigenvalue weighted by atomic mass is 35.5. The maximum atomic E-state index is 11.3. The van der Waals surface area contributed by atoms with E-state index >= 15 is 0 Å². The Balaban J connectivity index is 4.73. The first-order valence-corrected chi connectivity index (χ1v) is 6.32. The highest BCUT2D eigenvalue weighted by Gasteiger charge is 2.36. The fourth-order valence-corrected chi connectivity index (χ4v) is 2.62. The van der Waals surface area contributed by atoms with E-state index in [1.807, 2.05) is 0 Å². The Labute approximate surface area is 85.0 Å². The molecule has 0 aliphatic heterocycles. The maximum Gasteiger partial charge on any atom is 0.169 e. The van der Waals surface area contributed by atoms with E-state index in [9.17, 15) is 13.5 Å². The summed E-state index contributed by atoms with van der Waals surface area (Å²) >= 11 is 5.67. The molecule has 80 valence electrons. The summed E-state index contributed by atoms with van der Waals surface area (Å²) in [4.78, 5) is 0. The molecule has 0 radical (unpaired) electrons. The molecular weight excluding hydrogens is 212 g/mol. The van der Waals surface area contributed by atoms with E-state index in [2.05, 4.69) is 0 Å². The van der Waals surface area contributed by atoms with Crippen LogP contribution in [0, 0.1) is 5.41 Å². The zero-order chi connectivity index (χ0) is 10.9. The Bertz CT molecular complexity index is 253. The monoisotopic (exact) mass is 228 g/mol. The van der Waals surface area contributed by atoms with Crippen molar-refractivity contribution in [2.75, 3.05) is 5.75 Å². The molecule has 0 saturated carbocycles. The summed E-state index contributed by atoms with van der Waals surface area (Å²) in [7, 11) is -3.37. The number of aliphatic hydroxyl groups excluding tert-OH is 1. The highest BCUT2D eigenvalue weighted by molar-refractivity contribution is 7.93. The lowest BCUT2D eigenvalue weighted by atomic mass is 9.90. The summed E-state index contributed by atoms with van der Waals surface area (Å²) in [5.41, 5.74) is -0.519. The third-order valence-electron chi connectivity index (χ3n) is 1.88. The second kappa shape index (κ2) is 4.15. The van der Waals surface area contributed by atoms with E-state index in [1.54, 1.807) is 20.8 Å². The Hall–Kier alpha value is 0.200. The van der Waals surface area contributed by atoms with Gasteiger partial charge in [-0.25, -0.2) is 8.42 Å². The molecule has 0 aromatic heterocycles. The summed E-state index contributed by atoms with van der Waals surface area (Å²) in [6.45, 7) is 6.76. The molecular formula is C8H17ClO3S. The molecule has 0 fully saturated rings. The summed E-state index contributed by atoms with van der Waals surface area (Å²) < 4.78 is 21.4. The third-order valence-corrected chi connectivity index (χ3v) is 4.68. The zero-order valence-electron chi connectivity index (χ0n) is 8.41. The average molecular weight is 229 g/mol. The second-order valence-electron chi connectivity index (χ2n) is 4.11. The van der Waals surface area contributed by atoms with E-state index in [4.69, 9.17) is 11.6 Å². The van der Waals surface area contributed by atoms with Crippen molar-refractivity contribution in [1.82, 2.24) is 0 Å². The van der Waals surface area contributed by atoms with Crippen LogP contribution in [0.15, 0.2) is 0 Å². The van der Waals surface area contributed by atoms with Crippen LogP contribution < -0.4 is 0 Å². The zero-order valence-corrected chi connectivity index (χ0v) is 9.98. The van der Waals surface area contributed by atoms with Gasteiger partial charge < -0.3 is 5.11 Å². The van der Waals surface area contributed by atoms with Gasteiger partial charge in [0.1, 0.15) is 0 Å². The second-order valence-corrected chi connectivity index (χ2v) is 7.25. The van der Waals surface area contributed by atoms with E-state index in [1.165, 1.54) is 6.92 Å². The first-order valence-electron chi connectivity index (χ1n) is 4.16. The molecule has 2 atom stereocenters. The van der Waals surface area contributed by atoms with Crippen molar-refractivity contribution in [1.29, 1.82) is 0 Å². The first kappa shape index (κ1) is 13.2. The SMILES string of the molecule is CCS(=O)(=O)[C@H](Cl)[C@H](O)C(C)(C)C. The van der Waals surface area contributed by atoms with E-state index in [-0.39, 0.29) is 5.75 Å². The number of sulfone groups is 1. The molecule has 0 aliphatic carbocycles. The van der Waals surface area contributed by atoms with E-state index in [0.717, 1.165) is 0 Å². The minimum atomic E-state index is -3.37. The van der Waals surface area contributed by atoms with Crippen molar-refractivity contribution in [3.63, 3.8) is 0 Å². The molecule has 0 amide bonds. The summed E-state index contributed by atoms with van der Waals surface area (Å²) in [6, 6.07) is 0. The van der Waals surface area contributed by atoms with Gasteiger partial charge in [-0.1, -0.05) is 27.7 Å². The van der Waals surface area contributed by atoms with Crippen molar-refractivity contribution < 1.29 is 13.5 Å². The van der Waals surface area contributed by atoms with Gasteiger partial charge in [-0.05, 0) is 5.41 Å². The molecule has 3 nitrogen and oxygen atoms in total. The van der Waals surface area contributed by atoms with Gasteiger partial charge >= 0.3 is 0 Å². The molecule has 0 heterocycles. The Morgan fingerprint density at radius 2 is 1.77 bits per heavy atom. The molecule has 5 heteroatoms. The molecule has 0 rings (SSSR count). The van der Waals surface area contributed by atoms with Crippen LogP contribution in [0.25, 0.3) is 0 Å². The molecule has 13 heavy (non-hydrogen) atoms. The van der Waals surface area contributed by atoms with Crippen LogP contribution in [0.5, 0.6) is 0 Å². The van der Waals surface area contributed by atoms with Crippen LogP contribution in [-0.4, -0.2) is 30.1 Å². The minimum absolute atomic E-state index is 0.0473. The van der Waals surface area contributed by atoms with Gasteiger partial charge in [-0.15, -0.1) is 11.6 Å². The summed E-state index contributed by atoms with van der Waals surface area (Å²) in [5, 5.41) is 9.61. The standard InChI is InChI=1S/C8H17ClO3S/c1-5-13(11,12)7(9)6(10)8(2,3)4/h6-7,10H,5H2,1-4H3/t6-,7-/m0/s1. The molecule has 0 aromatic carbocycles. The molecule has 0 spiro atoms.